The molecule has 0 fully saturated rings. The number of carbonyl (C=O) groups is 1. The third kappa shape index (κ3) is 4.33. The number of carbonyl (C=O) groups excluding carboxylic acids is 1. The van der Waals surface area contributed by atoms with Crippen LogP contribution in [0.4, 0.5) is 0 Å². The maximum Gasteiger partial charge on any atom is 0.193 e. The summed E-state index contributed by atoms with van der Waals surface area (Å²) in [6, 6.07) is 3.69. The maximum absolute atomic E-state index is 13.3. The van der Waals surface area contributed by atoms with E-state index in [0.29, 0.717) is 21.8 Å². The van der Waals surface area contributed by atoms with Gasteiger partial charge in [0, 0.05) is 48.6 Å². The second-order valence-electron chi connectivity index (χ2n) is 4.62. The van der Waals surface area contributed by atoms with Crippen LogP contribution in [0.2, 0.25) is 0 Å². The molecule has 0 aliphatic heterocycles. The minimum absolute atomic E-state index is 0.0401. The Kier molecular flexibility index (Phi) is 8.74. The first-order valence-corrected chi connectivity index (χ1v) is 13.2. The summed E-state index contributed by atoms with van der Waals surface area (Å²) in [4.78, 5) is 13.3. The standard InChI is InChI=1S/C15H6Br8O/c16-3-7-5(1-9(18)13(22)11(7)20)15(24)6-2-10(19)14(23)12(21)8(6)4-17/h1-2H,3-4H2. The van der Waals surface area contributed by atoms with Gasteiger partial charge < -0.3 is 0 Å². The van der Waals surface area contributed by atoms with Gasteiger partial charge >= 0.3 is 0 Å². The van der Waals surface area contributed by atoms with Crippen molar-refractivity contribution in [3.05, 3.63) is 61.2 Å². The summed E-state index contributed by atoms with van der Waals surface area (Å²) in [5.41, 5.74) is 3.06. The van der Waals surface area contributed by atoms with Gasteiger partial charge in [-0.3, -0.25) is 4.79 Å². The van der Waals surface area contributed by atoms with Gasteiger partial charge in [-0.05, 0) is 119 Å². The lowest BCUT2D eigenvalue weighted by molar-refractivity contribution is 0.103. The number of alkyl halides is 2. The molecule has 0 aliphatic rings. The number of hydrogen-bond donors (Lipinski definition) is 0. The molecule has 9 heteroatoms. The highest BCUT2D eigenvalue weighted by Crippen LogP contribution is 2.41. The molecule has 0 atom stereocenters. The Bertz CT molecular complexity index is 764. The molecule has 0 saturated carbocycles. The van der Waals surface area contributed by atoms with Crippen LogP contribution < -0.4 is 0 Å². The van der Waals surface area contributed by atoms with E-state index in [1.807, 2.05) is 12.1 Å². The molecular weight excluding hydrogens is 835 g/mol. The van der Waals surface area contributed by atoms with E-state index in [1.54, 1.807) is 0 Å². The number of ketones is 1. The van der Waals surface area contributed by atoms with Gasteiger partial charge in [0.05, 0.1) is 0 Å². The second-order valence-corrected chi connectivity index (χ2v) is 10.6. The summed E-state index contributed by atoms with van der Waals surface area (Å²) >= 11 is 28.1. The third-order valence-electron chi connectivity index (χ3n) is 3.28. The van der Waals surface area contributed by atoms with Crippen molar-refractivity contribution >= 4 is 133 Å². The predicted molar refractivity (Wildman–Crippen MR) is 128 cm³/mol. The lowest BCUT2D eigenvalue weighted by Crippen LogP contribution is -2.09. The van der Waals surface area contributed by atoms with Crippen molar-refractivity contribution in [2.45, 2.75) is 10.7 Å². The van der Waals surface area contributed by atoms with E-state index in [-0.39, 0.29) is 5.78 Å². The molecular formula is C15H6Br8O. The van der Waals surface area contributed by atoms with Crippen LogP contribution in [-0.4, -0.2) is 5.78 Å². The van der Waals surface area contributed by atoms with Gasteiger partial charge in [-0.25, -0.2) is 0 Å². The minimum atomic E-state index is -0.0401. The molecule has 0 unspecified atom stereocenters. The van der Waals surface area contributed by atoms with E-state index in [4.69, 9.17) is 0 Å². The molecule has 0 aliphatic carbocycles. The van der Waals surface area contributed by atoms with Crippen molar-refractivity contribution in [3.63, 3.8) is 0 Å². The monoisotopic (exact) mass is 833 g/mol. The number of halogens is 8. The molecule has 0 radical (unpaired) electrons. The zero-order chi connectivity index (χ0) is 18.2. The number of hydrogen-bond acceptors (Lipinski definition) is 1. The lowest BCUT2D eigenvalue weighted by Gasteiger charge is -2.16. The first-order chi connectivity index (χ1) is 11.2. The Morgan fingerprint density at radius 1 is 0.667 bits per heavy atom. The average molecular weight is 841 g/mol. The first-order valence-electron chi connectivity index (χ1n) is 6.23. The normalized spacial score (nSPS) is 11.0. The minimum Gasteiger partial charge on any atom is -0.289 e. The zero-order valence-corrected chi connectivity index (χ0v) is 24.2. The molecule has 2 aromatic carbocycles. The molecule has 128 valence electrons. The highest BCUT2D eigenvalue weighted by molar-refractivity contribution is 9.15. The molecule has 0 saturated heterocycles. The fraction of sp³-hybridized carbons (Fsp3) is 0.133. The van der Waals surface area contributed by atoms with Crippen LogP contribution in [0.5, 0.6) is 0 Å². The van der Waals surface area contributed by atoms with Gasteiger partial charge in [0.1, 0.15) is 0 Å². The summed E-state index contributed by atoms with van der Waals surface area (Å²) in [6.07, 6.45) is 0. The summed E-state index contributed by atoms with van der Waals surface area (Å²) < 4.78 is 5.11. The van der Waals surface area contributed by atoms with Crippen molar-refractivity contribution in [2.75, 3.05) is 0 Å². The van der Waals surface area contributed by atoms with E-state index in [2.05, 4.69) is 127 Å². The van der Waals surface area contributed by atoms with Crippen molar-refractivity contribution in [1.82, 2.24) is 0 Å². The summed E-state index contributed by atoms with van der Waals surface area (Å²) in [5.74, 6) is -0.0401. The molecule has 0 N–H and O–H groups in total. The van der Waals surface area contributed by atoms with Crippen molar-refractivity contribution < 1.29 is 4.79 Å². The Hall–Kier alpha value is 1.95. The molecule has 2 rings (SSSR count). The van der Waals surface area contributed by atoms with Gasteiger partial charge in [-0.1, -0.05) is 31.9 Å². The van der Waals surface area contributed by atoms with Crippen LogP contribution in [0.3, 0.4) is 0 Å². The van der Waals surface area contributed by atoms with Gasteiger partial charge in [0.25, 0.3) is 0 Å². The van der Waals surface area contributed by atoms with Gasteiger partial charge in [0.15, 0.2) is 5.78 Å². The zero-order valence-electron chi connectivity index (χ0n) is 11.5. The second kappa shape index (κ2) is 9.43. The van der Waals surface area contributed by atoms with Crippen molar-refractivity contribution in [2.24, 2.45) is 0 Å². The fourth-order valence-electron chi connectivity index (χ4n) is 2.08. The highest BCUT2D eigenvalue weighted by atomic mass is 79.9. The number of benzene rings is 2. The van der Waals surface area contributed by atoms with Gasteiger partial charge in [-0.15, -0.1) is 0 Å². The quantitative estimate of drug-likeness (QED) is 0.171. The topological polar surface area (TPSA) is 17.1 Å². The Morgan fingerprint density at radius 3 is 1.29 bits per heavy atom. The Morgan fingerprint density at radius 2 is 1.00 bits per heavy atom. The largest absolute Gasteiger partial charge is 0.289 e. The molecule has 0 bridgehead atoms. The Balaban J connectivity index is 2.75. The average Bonchev–Trinajstić information content (AvgIpc) is 2.56. The lowest BCUT2D eigenvalue weighted by atomic mass is 9.96. The van der Waals surface area contributed by atoms with Crippen molar-refractivity contribution in [1.29, 1.82) is 0 Å². The third-order valence-corrected chi connectivity index (χ3v) is 11.2. The molecule has 1 nitrogen and oxygen atoms in total. The summed E-state index contributed by atoms with van der Waals surface area (Å²) in [5, 5.41) is 1.12. The highest BCUT2D eigenvalue weighted by Gasteiger charge is 2.24. The molecule has 0 amide bonds. The van der Waals surface area contributed by atoms with Crippen LogP contribution in [0.25, 0.3) is 0 Å². The smallest absolute Gasteiger partial charge is 0.193 e. The van der Waals surface area contributed by atoms with E-state index >= 15 is 0 Å². The molecule has 24 heavy (non-hydrogen) atoms. The Labute approximate surface area is 207 Å². The van der Waals surface area contributed by atoms with Crippen LogP contribution in [0.15, 0.2) is 39.0 Å². The summed E-state index contributed by atoms with van der Waals surface area (Å²) in [6.45, 7) is 0. The first kappa shape index (κ1) is 22.2. The van der Waals surface area contributed by atoms with Crippen LogP contribution in [0, 0.1) is 0 Å². The molecule has 0 heterocycles. The number of rotatable bonds is 4. The van der Waals surface area contributed by atoms with Crippen molar-refractivity contribution in [3.8, 4) is 0 Å². The van der Waals surface area contributed by atoms with Gasteiger partial charge in [0.2, 0.25) is 0 Å². The van der Waals surface area contributed by atoms with Crippen LogP contribution >= 0.6 is 127 Å². The molecule has 2 aromatic rings. The SMILES string of the molecule is O=C(c1cc(Br)c(Br)c(Br)c1CBr)c1cc(Br)c(Br)c(Br)c1CBr. The molecule has 0 spiro atoms. The van der Waals surface area contributed by atoms with Crippen LogP contribution in [0.1, 0.15) is 27.0 Å². The van der Waals surface area contributed by atoms with E-state index in [0.717, 1.165) is 38.0 Å². The summed E-state index contributed by atoms with van der Waals surface area (Å²) in [7, 11) is 0. The predicted octanol–water partition coefficient (Wildman–Crippen LogP) is 9.28. The van der Waals surface area contributed by atoms with Gasteiger partial charge in [-0.2, -0.15) is 0 Å². The maximum atomic E-state index is 13.3. The fourth-order valence-corrected chi connectivity index (χ4v) is 7.22. The van der Waals surface area contributed by atoms with Crippen LogP contribution in [-0.2, 0) is 10.7 Å². The van der Waals surface area contributed by atoms with E-state index in [1.165, 1.54) is 0 Å². The van der Waals surface area contributed by atoms with E-state index < -0.39 is 0 Å². The molecule has 0 aromatic heterocycles. The van der Waals surface area contributed by atoms with E-state index in [9.17, 15) is 4.79 Å².